The van der Waals surface area contributed by atoms with Crippen LogP contribution >= 0.6 is 0 Å². The number of hydrogen-bond donors (Lipinski definition) is 0. The molecule has 12 heteroatoms. The fourth-order valence-electron chi connectivity index (χ4n) is 2.96. The van der Waals surface area contributed by atoms with Gasteiger partial charge in [0, 0.05) is 36.9 Å². The van der Waals surface area contributed by atoms with Crippen LogP contribution in [-0.4, -0.2) is 46.9 Å². The van der Waals surface area contributed by atoms with Gasteiger partial charge in [-0.15, -0.1) is 10.2 Å². The number of hydrogen-bond acceptors (Lipinski definition) is 9. The Kier molecular flexibility index (Phi) is 7.87. The van der Waals surface area contributed by atoms with Crippen LogP contribution in [0.4, 0.5) is 5.69 Å². The quantitative estimate of drug-likeness (QED) is 0.182. The Morgan fingerprint density at radius 3 is 2.32 bits per heavy atom. The molecule has 2 aromatic carbocycles. The zero-order chi connectivity index (χ0) is 24.7. The molecule has 0 saturated heterocycles. The van der Waals surface area contributed by atoms with Crippen LogP contribution in [0.25, 0.3) is 17.5 Å². The standard InChI is InChI=1S/C22H22N4O7S/c1-3-25(4-2)34(30,31)19-12-5-16(6-13-19)7-14-21(27)32-15-20-23-24-22(33-20)17-8-10-18(11-9-17)26(28)29/h5-14H,3-4,15H2,1-2H3/b14-7+. The number of nitro benzene ring substituents is 1. The summed E-state index contributed by atoms with van der Waals surface area (Å²) in [4.78, 5) is 22.4. The number of aromatic nitrogens is 2. The monoisotopic (exact) mass is 486 g/mol. The van der Waals surface area contributed by atoms with Gasteiger partial charge in [-0.3, -0.25) is 10.1 Å². The fourth-order valence-corrected chi connectivity index (χ4v) is 4.42. The number of carbonyl (C=O) groups excluding carboxylic acids is 1. The number of non-ortho nitro benzene ring substituents is 1. The third-order valence-corrected chi connectivity index (χ3v) is 6.83. The number of esters is 1. The molecule has 0 spiro atoms. The van der Waals surface area contributed by atoms with Gasteiger partial charge in [0.1, 0.15) is 0 Å². The molecule has 0 aliphatic heterocycles. The second kappa shape index (κ2) is 10.8. The molecule has 0 bridgehead atoms. The van der Waals surface area contributed by atoms with Gasteiger partial charge in [0.25, 0.3) is 11.6 Å². The minimum Gasteiger partial charge on any atom is -0.452 e. The van der Waals surface area contributed by atoms with E-state index in [1.807, 2.05) is 0 Å². The normalized spacial score (nSPS) is 11.7. The highest BCUT2D eigenvalue weighted by molar-refractivity contribution is 7.89. The Morgan fingerprint density at radius 2 is 1.74 bits per heavy atom. The summed E-state index contributed by atoms with van der Waals surface area (Å²) in [6.45, 7) is 4.04. The molecule has 0 amide bonds. The molecule has 178 valence electrons. The van der Waals surface area contributed by atoms with E-state index in [1.54, 1.807) is 26.0 Å². The summed E-state index contributed by atoms with van der Waals surface area (Å²) in [5.41, 5.74) is 1.04. The number of benzene rings is 2. The van der Waals surface area contributed by atoms with E-state index >= 15 is 0 Å². The molecule has 0 fully saturated rings. The molecule has 0 saturated carbocycles. The molecule has 11 nitrogen and oxygen atoms in total. The SMILES string of the molecule is CCN(CC)S(=O)(=O)c1ccc(/C=C/C(=O)OCc2nnc(-c3ccc([N+](=O)[O-])cc3)o2)cc1. The van der Waals surface area contributed by atoms with Crippen molar-refractivity contribution in [2.75, 3.05) is 13.1 Å². The molecule has 1 heterocycles. The minimum atomic E-state index is -3.55. The Balaban J connectivity index is 1.56. The zero-order valence-electron chi connectivity index (χ0n) is 18.4. The van der Waals surface area contributed by atoms with Crippen molar-refractivity contribution in [2.24, 2.45) is 0 Å². The maximum atomic E-state index is 12.5. The zero-order valence-corrected chi connectivity index (χ0v) is 19.3. The van der Waals surface area contributed by atoms with Crippen molar-refractivity contribution < 1.29 is 27.3 Å². The maximum absolute atomic E-state index is 12.5. The third kappa shape index (κ3) is 5.91. The Morgan fingerprint density at radius 1 is 1.09 bits per heavy atom. The lowest BCUT2D eigenvalue weighted by molar-refractivity contribution is -0.384. The molecule has 0 radical (unpaired) electrons. The summed E-state index contributed by atoms with van der Waals surface area (Å²) in [6.07, 6.45) is 2.69. The van der Waals surface area contributed by atoms with Crippen LogP contribution in [0.2, 0.25) is 0 Å². The van der Waals surface area contributed by atoms with Gasteiger partial charge in [0.2, 0.25) is 15.9 Å². The predicted molar refractivity (Wildman–Crippen MR) is 122 cm³/mol. The van der Waals surface area contributed by atoms with Crippen LogP contribution in [0.5, 0.6) is 0 Å². The number of sulfonamides is 1. The van der Waals surface area contributed by atoms with Crippen molar-refractivity contribution >= 4 is 27.8 Å². The average molecular weight is 487 g/mol. The van der Waals surface area contributed by atoms with E-state index in [0.717, 1.165) is 0 Å². The lowest BCUT2D eigenvalue weighted by atomic mass is 10.2. The van der Waals surface area contributed by atoms with Gasteiger partial charge in [-0.1, -0.05) is 26.0 Å². The molecule has 0 aliphatic rings. The van der Waals surface area contributed by atoms with Crippen molar-refractivity contribution in [2.45, 2.75) is 25.3 Å². The van der Waals surface area contributed by atoms with Crippen LogP contribution in [0.1, 0.15) is 25.3 Å². The van der Waals surface area contributed by atoms with Crippen molar-refractivity contribution in [3.05, 3.63) is 76.2 Å². The average Bonchev–Trinajstić information content (AvgIpc) is 3.31. The number of nitrogens with zero attached hydrogens (tertiary/aromatic N) is 4. The number of ether oxygens (including phenoxy) is 1. The molecule has 0 atom stereocenters. The fraction of sp³-hybridized carbons (Fsp3) is 0.227. The van der Waals surface area contributed by atoms with Crippen molar-refractivity contribution in [3.8, 4) is 11.5 Å². The Hall–Kier alpha value is -3.90. The molecular formula is C22H22N4O7S. The van der Waals surface area contributed by atoms with E-state index in [9.17, 15) is 23.3 Å². The van der Waals surface area contributed by atoms with E-state index < -0.39 is 20.9 Å². The van der Waals surface area contributed by atoms with Gasteiger partial charge in [-0.25, -0.2) is 13.2 Å². The number of rotatable bonds is 10. The molecule has 1 aromatic heterocycles. The molecule has 3 aromatic rings. The number of nitro groups is 1. The van der Waals surface area contributed by atoms with Crippen LogP contribution in [0, 0.1) is 10.1 Å². The largest absolute Gasteiger partial charge is 0.452 e. The van der Waals surface area contributed by atoms with Gasteiger partial charge in [-0.2, -0.15) is 4.31 Å². The van der Waals surface area contributed by atoms with Crippen molar-refractivity contribution in [3.63, 3.8) is 0 Å². The first-order valence-corrected chi connectivity index (χ1v) is 11.7. The van der Waals surface area contributed by atoms with Crippen molar-refractivity contribution in [1.82, 2.24) is 14.5 Å². The first-order valence-electron chi connectivity index (χ1n) is 10.3. The molecular weight excluding hydrogens is 464 g/mol. The summed E-state index contributed by atoms with van der Waals surface area (Å²) < 4.78 is 36.9. The lowest BCUT2D eigenvalue weighted by Gasteiger charge is -2.18. The summed E-state index contributed by atoms with van der Waals surface area (Å²) in [5, 5.41) is 18.3. The first kappa shape index (κ1) is 24.7. The third-order valence-electron chi connectivity index (χ3n) is 4.76. The highest BCUT2D eigenvalue weighted by Crippen LogP contribution is 2.21. The second-order valence-corrected chi connectivity index (χ2v) is 8.84. The van der Waals surface area contributed by atoms with Gasteiger partial charge in [0.05, 0.1) is 9.82 Å². The summed E-state index contributed by atoms with van der Waals surface area (Å²) in [6, 6.07) is 11.7. The van der Waals surface area contributed by atoms with Gasteiger partial charge in [-0.05, 0) is 35.9 Å². The smallest absolute Gasteiger partial charge is 0.331 e. The lowest BCUT2D eigenvalue weighted by Crippen LogP contribution is -2.30. The van der Waals surface area contributed by atoms with Gasteiger partial charge in [0.15, 0.2) is 6.61 Å². The van der Waals surface area contributed by atoms with Crippen LogP contribution in [-0.2, 0) is 26.2 Å². The predicted octanol–water partition coefficient (Wildman–Crippen LogP) is 3.43. The maximum Gasteiger partial charge on any atom is 0.331 e. The molecule has 3 rings (SSSR count). The van der Waals surface area contributed by atoms with Gasteiger partial charge >= 0.3 is 5.97 Å². The first-order chi connectivity index (χ1) is 16.2. The highest BCUT2D eigenvalue weighted by Gasteiger charge is 2.21. The molecule has 0 aliphatic carbocycles. The van der Waals surface area contributed by atoms with Crippen LogP contribution in [0.15, 0.2) is 63.9 Å². The topological polar surface area (TPSA) is 146 Å². The minimum absolute atomic E-state index is 0.0565. The summed E-state index contributed by atoms with van der Waals surface area (Å²) in [7, 11) is -3.55. The highest BCUT2D eigenvalue weighted by atomic mass is 32.2. The second-order valence-electron chi connectivity index (χ2n) is 6.90. The Labute approximate surface area is 195 Å². The van der Waals surface area contributed by atoms with E-state index in [0.29, 0.717) is 24.2 Å². The van der Waals surface area contributed by atoms with Crippen molar-refractivity contribution in [1.29, 1.82) is 0 Å². The van der Waals surface area contributed by atoms with E-state index in [1.165, 1.54) is 52.9 Å². The van der Waals surface area contributed by atoms with E-state index in [-0.39, 0.29) is 29.0 Å². The van der Waals surface area contributed by atoms with Crippen LogP contribution < -0.4 is 0 Å². The molecule has 0 N–H and O–H groups in total. The summed E-state index contributed by atoms with van der Waals surface area (Å²) >= 11 is 0. The van der Waals surface area contributed by atoms with Crippen LogP contribution in [0.3, 0.4) is 0 Å². The molecule has 34 heavy (non-hydrogen) atoms. The van der Waals surface area contributed by atoms with E-state index in [4.69, 9.17) is 9.15 Å². The van der Waals surface area contributed by atoms with Gasteiger partial charge < -0.3 is 9.15 Å². The number of carbonyl (C=O) groups is 1. The summed E-state index contributed by atoms with van der Waals surface area (Å²) in [5.74, 6) is -0.466. The Bertz CT molecular complexity index is 1280. The molecule has 0 unspecified atom stereocenters. The van der Waals surface area contributed by atoms with E-state index in [2.05, 4.69) is 10.2 Å².